The number of Topliss-reactive ketones (excluding diaryl/α,β-unsaturated/α-hetero) is 1. The van der Waals surface area contributed by atoms with Gasteiger partial charge in [0.2, 0.25) is 11.8 Å². The third kappa shape index (κ3) is 15.1. The van der Waals surface area contributed by atoms with Gasteiger partial charge in [-0.1, -0.05) is 68.4 Å². The van der Waals surface area contributed by atoms with Crippen molar-refractivity contribution in [2.75, 3.05) is 51.5 Å². The van der Waals surface area contributed by atoms with Crippen LogP contribution >= 0.6 is 0 Å². The number of anilines is 1. The molecule has 0 aliphatic carbocycles. The van der Waals surface area contributed by atoms with Crippen LogP contribution in [0, 0.1) is 5.41 Å². The van der Waals surface area contributed by atoms with Crippen LogP contribution in [0.15, 0.2) is 48.5 Å². The molecule has 14 heteroatoms. The van der Waals surface area contributed by atoms with E-state index in [2.05, 4.69) is 47.0 Å². The SMILES string of the molecule is COCCCOCCCNC(=O)CCCCC(=O)N1Cc2ccccc2-c2c(nnn2CCOC(=O)NCCCCC(NC(C)(C)C)C(=O)C(C)(C)C)-c2ccccc21. The van der Waals surface area contributed by atoms with Crippen LogP contribution in [0.25, 0.3) is 22.5 Å². The number of para-hydroxylation sites is 1. The Labute approximate surface area is 350 Å². The number of carbonyl (C=O) groups is 4. The lowest BCUT2D eigenvalue weighted by Crippen LogP contribution is -2.50. The van der Waals surface area contributed by atoms with Crippen molar-refractivity contribution in [3.63, 3.8) is 0 Å². The Hall–Kier alpha value is -4.66. The van der Waals surface area contributed by atoms with Crippen molar-refractivity contribution in [1.82, 2.24) is 30.9 Å². The largest absolute Gasteiger partial charge is 0.448 e. The molecule has 0 bridgehead atoms. The molecule has 3 aromatic rings. The van der Waals surface area contributed by atoms with E-state index in [1.54, 1.807) is 16.7 Å². The number of rotatable bonds is 23. The van der Waals surface area contributed by atoms with Crippen molar-refractivity contribution in [3.05, 3.63) is 54.1 Å². The number of amides is 3. The second-order valence-electron chi connectivity index (χ2n) is 17.2. The summed E-state index contributed by atoms with van der Waals surface area (Å²) in [6.07, 6.45) is 5.09. The number of ketones is 1. The highest BCUT2D eigenvalue weighted by Crippen LogP contribution is 2.41. The third-order valence-electron chi connectivity index (χ3n) is 9.94. The highest BCUT2D eigenvalue weighted by atomic mass is 16.5. The number of nitrogens with one attached hydrogen (secondary N) is 3. The Morgan fingerprint density at radius 2 is 1.47 bits per heavy atom. The van der Waals surface area contributed by atoms with E-state index >= 15 is 0 Å². The normalized spacial score (nSPS) is 13.0. The summed E-state index contributed by atoms with van der Waals surface area (Å²) in [5, 5.41) is 18.3. The van der Waals surface area contributed by atoms with Crippen LogP contribution in [-0.4, -0.2) is 96.9 Å². The van der Waals surface area contributed by atoms with E-state index in [9.17, 15) is 19.2 Å². The van der Waals surface area contributed by atoms with Crippen molar-refractivity contribution in [2.45, 2.75) is 124 Å². The first kappa shape index (κ1) is 47.0. The zero-order chi connectivity index (χ0) is 42.8. The molecule has 0 saturated carbocycles. The maximum absolute atomic E-state index is 13.9. The predicted molar refractivity (Wildman–Crippen MR) is 230 cm³/mol. The fourth-order valence-corrected chi connectivity index (χ4v) is 7.04. The molecule has 1 atom stereocenters. The van der Waals surface area contributed by atoms with Crippen molar-refractivity contribution in [2.24, 2.45) is 5.41 Å². The van der Waals surface area contributed by atoms with Gasteiger partial charge in [0.1, 0.15) is 12.3 Å². The second kappa shape index (κ2) is 23.2. The average molecular weight is 818 g/mol. The Kier molecular flexibility index (Phi) is 18.5. The number of hydrogen-bond donors (Lipinski definition) is 3. The van der Waals surface area contributed by atoms with Crippen molar-refractivity contribution in [3.8, 4) is 22.5 Å². The maximum Gasteiger partial charge on any atom is 0.407 e. The summed E-state index contributed by atoms with van der Waals surface area (Å²) in [4.78, 5) is 53.8. The topological polar surface area (TPSA) is 166 Å². The Morgan fingerprint density at radius 3 is 2.22 bits per heavy atom. The number of ether oxygens (including phenoxy) is 3. The number of unbranched alkanes of at least 4 members (excludes halogenated alkanes) is 2. The van der Waals surface area contributed by atoms with Crippen molar-refractivity contribution >= 4 is 29.4 Å². The van der Waals surface area contributed by atoms with Gasteiger partial charge in [0.25, 0.3) is 0 Å². The summed E-state index contributed by atoms with van der Waals surface area (Å²) in [6, 6.07) is 15.4. The number of aromatic nitrogens is 3. The van der Waals surface area contributed by atoms with E-state index in [4.69, 9.17) is 14.2 Å². The Morgan fingerprint density at radius 1 is 0.780 bits per heavy atom. The third-order valence-corrected chi connectivity index (χ3v) is 9.94. The molecule has 4 rings (SSSR count). The summed E-state index contributed by atoms with van der Waals surface area (Å²) in [5.74, 6) is 0.128. The van der Waals surface area contributed by atoms with Gasteiger partial charge in [0.15, 0.2) is 5.78 Å². The van der Waals surface area contributed by atoms with Gasteiger partial charge in [-0.25, -0.2) is 9.48 Å². The lowest BCUT2D eigenvalue weighted by Gasteiger charge is -2.31. The molecule has 0 saturated heterocycles. The van der Waals surface area contributed by atoms with Crippen LogP contribution in [-0.2, 0) is 41.7 Å². The van der Waals surface area contributed by atoms with Crippen LogP contribution in [0.5, 0.6) is 0 Å². The lowest BCUT2D eigenvalue weighted by atomic mass is 9.84. The van der Waals surface area contributed by atoms with Gasteiger partial charge in [-0.2, -0.15) is 0 Å². The summed E-state index contributed by atoms with van der Waals surface area (Å²) >= 11 is 0. The van der Waals surface area contributed by atoms with E-state index in [-0.39, 0.29) is 42.3 Å². The number of methoxy groups -OCH3 is 1. The minimum absolute atomic E-state index is 0.0242. The molecular weight excluding hydrogens is 751 g/mol. The van der Waals surface area contributed by atoms with Crippen LogP contribution < -0.4 is 20.9 Å². The smallest absolute Gasteiger partial charge is 0.407 e. The molecular formula is C45H67N7O7. The molecule has 2 aromatic carbocycles. The van der Waals surface area contributed by atoms with E-state index in [1.165, 1.54) is 0 Å². The zero-order valence-electron chi connectivity index (χ0n) is 36.4. The molecule has 1 aliphatic heterocycles. The van der Waals surface area contributed by atoms with Gasteiger partial charge in [0, 0.05) is 74.9 Å². The van der Waals surface area contributed by atoms with Crippen molar-refractivity contribution in [1.29, 1.82) is 0 Å². The molecule has 324 valence electrons. The first-order chi connectivity index (χ1) is 28.2. The summed E-state index contributed by atoms with van der Waals surface area (Å²) < 4.78 is 17.9. The monoisotopic (exact) mass is 818 g/mol. The second-order valence-corrected chi connectivity index (χ2v) is 17.2. The highest BCUT2D eigenvalue weighted by molar-refractivity contribution is 6.00. The fraction of sp³-hybridized carbons (Fsp3) is 0.600. The van der Waals surface area contributed by atoms with Crippen LogP contribution in [0.3, 0.4) is 0 Å². The Bertz CT molecular complexity index is 1810. The van der Waals surface area contributed by atoms with Gasteiger partial charge in [-0.15, -0.1) is 5.10 Å². The summed E-state index contributed by atoms with van der Waals surface area (Å²) in [6.45, 7) is 15.6. The van der Waals surface area contributed by atoms with Crippen molar-refractivity contribution < 1.29 is 33.4 Å². The molecule has 2 heterocycles. The highest BCUT2D eigenvalue weighted by Gasteiger charge is 2.32. The molecule has 3 amide bonds. The van der Waals surface area contributed by atoms with Crippen LogP contribution in [0.1, 0.15) is 105 Å². The van der Waals surface area contributed by atoms with E-state index in [1.807, 2.05) is 69.3 Å². The van der Waals surface area contributed by atoms with Gasteiger partial charge >= 0.3 is 6.09 Å². The summed E-state index contributed by atoms with van der Waals surface area (Å²) in [5.41, 5.74) is 4.14. The molecule has 0 spiro atoms. The minimum atomic E-state index is -0.515. The van der Waals surface area contributed by atoms with E-state index in [0.717, 1.165) is 47.3 Å². The van der Waals surface area contributed by atoms with Crippen LogP contribution in [0.4, 0.5) is 10.5 Å². The first-order valence-electron chi connectivity index (χ1n) is 21.2. The van der Waals surface area contributed by atoms with E-state index in [0.29, 0.717) is 83.7 Å². The number of fused-ring (bicyclic) bond motifs is 5. The number of benzene rings is 2. The van der Waals surface area contributed by atoms with Gasteiger partial charge in [-0.05, 0) is 77.3 Å². The molecule has 1 aliphatic rings. The number of hydrogen-bond acceptors (Lipinski definition) is 10. The molecule has 3 N–H and O–H groups in total. The zero-order valence-corrected chi connectivity index (χ0v) is 36.4. The predicted octanol–water partition coefficient (Wildman–Crippen LogP) is 6.85. The average Bonchev–Trinajstić information content (AvgIpc) is 3.60. The van der Waals surface area contributed by atoms with E-state index < -0.39 is 11.5 Å². The number of carbonyl (C=O) groups excluding carboxylic acids is 4. The summed E-state index contributed by atoms with van der Waals surface area (Å²) in [7, 11) is 1.67. The minimum Gasteiger partial charge on any atom is -0.448 e. The Balaban J connectivity index is 1.30. The van der Waals surface area contributed by atoms with Crippen LogP contribution in [0.2, 0.25) is 0 Å². The van der Waals surface area contributed by atoms with Gasteiger partial charge in [-0.3, -0.25) is 14.4 Å². The fourth-order valence-electron chi connectivity index (χ4n) is 7.04. The lowest BCUT2D eigenvalue weighted by molar-refractivity contribution is -0.129. The van der Waals surface area contributed by atoms with Gasteiger partial charge < -0.3 is 35.1 Å². The maximum atomic E-state index is 13.9. The first-order valence-corrected chi connectivity index (χ1v) is 21.2. The quantitative estimate of drug-likeness (QED) is 0.0863. The number of alkyl carbamates (subject to hydrolysis) is 1. The van der Waals surface area contributed by atoms with Gasteiger partial charge in [0.05, 0.1) is 30.5 Å². The molecule has 0 fully saturated rings. The standard InChI is InChI=1S/C45H67N7O7/c1-44(2,3)42(55)36(48-45(4,5)6)21-14-15-25-47-43(56)59-31-27-52-41-34-19-9-8-18-33(34)32-51(37-22-11-10-20-35(37)40(41)49-50-52)39(54)24-13-12-23-38(53)46-26-16-29-58-30-17-28-57-7/h8-11,18-20,22,36,48H,12-17,21,23-32H2,1-7H3,(H,46,53)(H,47,56). The number of nitrogens with zero attached hydrogens (tertiary/aromatic N) is 4. The molecule has 14 nitrogen and oxygen atoms in total. The molecule has 1 unspecified atom stereocenters. The molecule has 0 radical (unpaired) electrons. The molecule has 59 heavy (non-hydrogen) atoms. The molecule has 1 aromatic heterocycles.